The molecule has 88 heavy (non-hydrogen) atoms. The molecular weight excluding hydrogens is 1100 g/mol. The van der Waals surface area contributed by atoms with Gasteiger partial charge in [-0.25, -0.2) is 0 Å². The molecular formula is C79H139N2O6P. The van der Waals surface area contributed by atoms with Gasteiger partial charge in [0.25, 0.3) is 7.82 Å². The van der Waals surface area contributed by atoms with E-state index in [0.717, 1.165) is 96.3 Å². The third-order valence-electron chi connectivity index (χ3n) is 15.8. The van der Waals surface area contributed by atoms with Crippen LogP contribution in [0.2, 0.25) is 0 Å². The maximum Gasteiger partial charge on any atom is 0.268 e. The number of quaternary nitrogens is 1. The molecule has 0 spiro atoms. The van der Waals surface area contributed by atoms with E-state index in [1.807, 2.05) is 27.2 Å². The summed E-state index contributed by atoms with van der Waals surface area (Å²) in [6.45, 7) is 4.52. The number of likely N-dealkylation sites (N-methyl/N-ethyl adjacent to an activating group) is 1. The van der Waals surface area contributed by atoms with Crippen LogP contribution >= 0.6 is 7.82 Å². The molecule has 0 aliphatic rings. The van der Waals surface area contributed by atoms with E-state index in [4.69, 9.17) is 9.05 Å². The van der Waals surface area contributed by atoms with Crippen LogP contribution in [0.25, 0.3) is 0 Å². The average Bonchev–Trinajstić information content (AvgIpc) is 3.70. The topological polar surface area (TPSA) is 108 Å². The smallest absolute Gasteiger partial charge is 0.268 e. The monoisotopic (exact) mass is 1240 g/mol. The molecule has 0 saturated carbocycles. The second-order valence-electron chi connectivity index (χ2n) is 25.5. The average molecular weight is 1240 g/mol. The summed E-state index contributed by atoms with van der Waals surface area (Å²) in [4.78, 5) is 25.6. The summed E-state index contributed by atoms with van der Waals surface area (Å²) < 4.78 is 23.4. The van der Waals surface area contributed by atoms with Gasteiger partial charge in [-0.1, -0.05) is 327 Å². The highest BCUT2D eigenvalue weighted by molar-refractivity contribution is 7.45. The number of phosphoric acid groups is 1. The van der Waals surface area contributed by atoms with E-state index in [2.05, 4.69) is 141 Å². The molecule has 2 N–H and O–H groups in total. The van der Waals surface area contributed by atoms with Gasteiger partial charge in [-0.15, -0.1) is 0 Å². The Morgan fingerprint density at radius 2 is 0.705 bits per heavy atom. The Morgan fingerprint density at radius 3 is 1.06 bits per heavy atom. The quantitative estimate of drug-likeness (QED) is 0.0272. The van der Waals surface area contributed by atoms with E-state index >= 15 is 0 Å². The first kappa shape index (κ1) is 84.6. The third-order valence-corrected chi connectivity index (χ3v) is 16.8. The molecule has 506 valence electrons. The van der Waals surface area contributed by atoms with Crippen molar-refractivity contribution in [3.8, 4) is 0 Å². The van der Waals surface area contributed by atoms with Gasteiger partial charge in [-0.05, 0) is 109 Å². The first-order chi connectivity index (χ1) is 43.0. The second-order valence-corrected chi connectivity index (χ2v) is 27.0. The van der Waals surface area contributed by atoms with Crippen LogP contribution in [0.5, 0.6) is 0 Å². The van der Waals surface area contributed by atoms with Gasteiger partial charge < -0.3 is 28.8 Å². The molecule has 0 aliphatic carbocycles. The molecule has 0 aromatic heterocycles. The van der Waals surface area contributed by atoms with Crippen LogP contribution in [0, 0.1) is 0 Å². The standard InChI is InChI=1S/C79H139N2O6P/c1-6-8-10-12-14-16-18-20-22-24-26-28-30-32-34-35-36-37-38-39-40-41-42-43-44-45-47-49-51-53-55-57-59-61-63-65-67-69-71-73-79(83)80-77(76-87-88(84,85)86-75-74-81(3,4)5)78(82)72-70-68-66-64-62-60-58-56-54-52-50-48-46-33-31-29-27-25-23-21-19-17-15-13-11-9-7-2/h8,10,14,16,20,22,26,28,32,34,36-37,39-40,42-43,54,56,62,64,70,72,77-78,82H,6-7,9,11-13,15,17-19,21,23-25,27,29-31,33,35,38,41,44-53,55,57-61,63,65-69,71,73-76H2,1-5H3,(H-,80,83,84,85)/b10-8-,16-14-,22-20-,28-26-,34-32-,37-36-,40-39-,43-42-,56-54+,64-62+,72-70+. The van der Waals surface area contributed by atoms with Crippen molar-refractivity contribution in [1.29, 1.82) is 0 Å². The maximum atomic E-state index is 13.0. The van der Waals surface area contributed by atoms with Gasteiger partial charge in [-0.2, -0.15) is 0 Å². The number of nitrogens with zero attached hydrogens (tertiary/aromatic N) is 1. The lowest BCUT2D eigenvalue weighted by Gasteiger charge is -2.29. The summed E-state index contributed by atoms with van der Waals surface area (Å²) in [5, 5.41) is 13.9. The summed E-state index contributed by atoms with van der Waals surface area (Å²) in [6, 6.07) is -0.920. The molecule has 0 aromatic carbocycles. The molecule has 0 aromatic rings. The molecule has 0 aliphatic heterocycles. The zero-order valence-electron chi connectivity index (χ0n) is 57.9. The van der Waals surface area contributed by atoms with Gasteiger partial charge in [0, 0.05) is 6.42 Å². The number of hydrogen-bond acceptors (Lipinski definition) is 6. The largest absolute Gasteiger partial charge is 0.756 e. The zero-order chi connectivity index (χ0) is 64.1. The summed E-state index contributed by atoms with van der Waals surface area (Å²) in [5.74, 6) is -0.214. The van der Waals surface area contributed by atoms with Crippen LogP contribution < -0.4 is 10.2 Å². The van der Waals surface area contributed by atoms with E-state index in [-0.39, 0.29) is 12.5 Å². The van der Waals surface area contributed by atoms with Crippen molar-refractivity contribution < 1.29 is 32.9 Å². The Labute approximate surface area is 545 Å². The van der Waals surface area contributed by atoms with Crippen molar-refractivity contribution in [1.82, 2.24) is 5.32 Å². The highest BCUT2D eigenvalue weighted by Gasteiger charge is 2.23. The molecule has 3 unspecified atom stereocenters. The second kappa shape index (κ2) is 68.0. The Morgan fingerprint density at radius 1 is 0.409 bits per heavy atom. The van der Waals surface area contributed by atoms with Crippen molar-refractivity contribution in [2.45, 2.75) is 321 Å². The number of unbranched alkanes of at least 4 members (excludes halogenated alkanes) is 33. The van der Waals surface area contributed by atoms with Crippen molar-refractivity contribution in [3.05, 3.63) is 134 Å². The number of carbonyl (C=O) groups excluding carboxylic acids is 1. The van der Waals surface area contributed by atoms with Crippen LogP contribution in [0.3, 0.4) is 0 Å². The highest BCUT2D eigenvalue weighted by Crippen LogP contribution is 2.38. The van der Waals surface area contributed by atoms with Gasteiger partial charge in [0.15, 0.2) is 0 Å². The lowest BCUT2D eigenvalue weighted by atomic mass is 10.0. The normalized spacial score (nSPS) is 14.4. The van der Waals surface area contributed by atoms with E-state index in [0.29, 0.717) is 17.4 Å². The number of nitrogens with one attached hydrogen (secondary N) is 1. The molecule has 0 fully saturated rings. The zero-order valence-corrected chi connectivity index (χ0v) is 58.8. The molecule has 0 radical (unpaired) electrons. The van der Waals surface area contributed by atoms with Gasteiger partial charge in [0.05, 0.1) is 39.9 Å². The summed E-state index contributed by atoms with van der Waals surface area (Å²) in [7, 11) is 1.23. The van der Waals surface area contributed by atoms with Crippen molar-refractivity contribution in [3.63, 3.8) is 0 Å². The highest BCUT2D eigenvalue weighted by atomic mass is 31.2. The lowest BCUT2D eigenvalue weighted by Crippen LogP contribution is -2.45. The first-order valence-electron chi connectivity index (χ1n) is 36.5. The van der Waals surface area contributed by atoms with E-state index < -0.39 is 26.6 Å². The number of hydrogen-bond donors (Lipinski definition) is 2. The Hall–Kier alpha value is -3.36. The molecule has 0 rings (SSSR count). The molecule has 9 heteroatoms. The fourth-order valence-corrected chi connectivity index (χ4v) is 10.9. The Kier molecular flexibility index (Phi) is 65.4. The molecule has 0 saturated heterocycles. The van der Waals surface area contributed by atoms with Crippen LogP contribution in [0.15, 0.2) is 134 Å². The summed E-state index contributed by atoms with van der Waals surface area (Å²) >= 11 is 0. The SMILES string of the molecule is CC/C=C\C/C=C\C/C=C\C/C=C\C/C=C\C/C=C\C/C=C\C/C=C\CCCCCCCCCCCCCCCCC(=O)NC(COP(=O)([O-])OCC[N+](C)(C)C)C(O)/C=C/CC/C=C/CC/C=C/CCCCCCCCCCCCCCCCCCC. The van der Waals surface area contributed by atoms with Gasteiger partial charge in [0.1, 0.15) is 13.2 Å². The fourth-order valence-electron chi connectivity index (χ4n) is 10.2. The third kappa shape index (κ3) is 70.1. The lowest BCUT2D eigenvalue weighted by molar-refractivity contribution is -0.870. The first-order valence-corrected chi connectivity index (χ1v) is 38.0. The summed E-state index contributed by atoms with van der Waals surface area (Å²) in [5.41, 5.74) is 0. The summed E-state index contributed by atoms with van der Waals surface area (Å²) in [6.07, 6.45) is 103. The van der Waals surface area contributed by atoms with Crippen LogP contribution in [0.4, 0.5) is 0 Å². The molecule has 0 heterocycles. The number of aliphatic hydroxyl groups excluding tert-OH is 1. The van der Waals surface area contributed by atoms with Crippen molar-refractivity contribution in [2.24, 2.45) is 0 Å². The predicted molar refractivity (Wildman–Crippen MR) is 385 cm³/mol. The van der Waals surface area contributed by atoms with Crippen LogP contribution in [0.1, 0.15) is 309 Å². The molecule has 3 atom stereocenters. The number of carbonyl (C=O) groups is 1. The van der Waals surface area contributed by atoms with E-state index in [1.54, 1.807) is 6.08 Å². The number of phosphoric ester groups is 1. The van der Waals surface area contributed by atoms with Gasteiger partial charge in [0.2, 0.25) is 5.91 Å². The minimum absolute atomic E-state index is 0.0139. The maximum absolute atomic E-state index is 13.0. The molecule has 8 nitrogen and oxygen atoms in total. The van der Waals surface area contributed by atoms with Crippen molar-refractivity contribution in [2.75, 3.05) is 40.9 Å². The Bertz CT molecular complexity index is 1900. The van der Waals surface area contributed by atoms with Crippen LogP contribution in [-0.4, -0.2) is 68.5 Å². The predicted octanol–water partition coefficient (Wildman–Crippen LogP) is 23.1. The number of allylic oxidation sites excluding steroid dienone is 21. The number of amides is 1. The number of aliphatic hydroxyl groups is 1. The Balaban J connectivity index is 4.12. The van der Waals surface area contributed by atoms with Gasteiger partial charge >= 0.3 is 0 Å². The van der Waals surface area contributed by atoms with E-state index in [1.165, 1.54) is 193 Å². The van der Waals surface area contributed by atoms with Crippen LogP contribution in [-0.2, 0) is 18.4 Å². The van der Waals surface area contributed by atoms with Gasteiger partial charge in [-0.3, -0.25) is 9.36 Å². The molecule has 0 bridgehead atoms. The molecule has 1 amide bonds. The minimum atomic E-state index is -4.62. The number of rotatable bonds is 66. The van der Waals surface area contributed by atoms with Crippen molar-refractivity contribution >= 4 is 13.7 Å². The van der Waals surface area contributed by atoms with E-state index in [9.17, 15) is 19.4 Å². The minimum Gasteiger partial charge on any atom is -0.756 e. The fraction of sp³-hybridized carbons (Fsp3) is 0.709.